The number of aliphatic imine (C=N–C) groups is 1. The maximum Gasteiger partial charge on any atom is 0.0412 e. The van der Waals surface area contributed by atoms with Crippen LogP contribution in [-0.2, 0) is 0 Å². The van der Waals surface area contributed by atoms with E-state index in [4.69, 9.17) is 0 Å². The summed E-state index contributed by atoms with van der Waals surface area (Å²) in [4.78, 5) is 4.32. The Morgan fingerprint density at radius 2 is 2.08 bits per heavy atom. The maximum atomic E-state index is 4.32. The Hall–Kier alpha value is -0.850. The third-order valence-corrected chi connectivity index (χ3v) is 1.50. The fourth-order valence-corrected chi connectivity index (χ4v) is 0.806. The van der Waals surface area contributed by atoms with Gasteiger partial charge in [-0.25, -0.2) is 0 Å². The molecule has 1 nitrogen and oxygen atoms in total. The first kappa shape index (κ1) is 12.2. The van der Waals surface area contributed by atoms with Gasteiger partial charge in [-0.2, -0.15) is 0 Å². The molecule has 0 aromatic heterocycles. The molecule has 74 valence electrons. The van der Waals surface area contributed by atoms with Crippen molar-refractivity contribution in [3.63, 3.8) is 0 Å². The summed E-state index contributed by atoms with van der Waals surface area (Å²) in [5, 5.41) is 0. The number of hydrogen-bond acceptors (Lipinski definition) is 1. The van der Waals surface area contributed by atoms with E-state index in [1.165, 1.54) is 5.57 Å². The normalized spacial score (nSPS) is 13.8. The van der Waals surface area contributed by atoms with E-state index in [0.29, 0.717) is 5.92 Å². The highest BCUT2D eigenvalue weighted by molar-refractivity contribution is 5.78. The average molecular weight is 179 g/mol. The summed E-state index contributed by atoms with van der Waals surface area (Å²) in [5.41, 5.74) is 1.21. The number of nitrogens with zero attached hydrogens (tertiary/aromatic N) is 1. The van der Waals surface area contributed by atoms with E-state index in [-0.39, 0.29) is 0 Å². The zero-order valence-corrected chi connectivity index (χ0v) is 9.25. The molecule has 0 bridgehead atoms. The number of allylic oxidation sites excluding steroid dienone is 4. The number of rotatable bonds is 5. The first-order valence-corrected chi connectivity index (χ1v) is 5.00. The molecule has 13 heavy (non-hydrogen) atoms. The van der Waals surface area contributed by atoms with E-state index < -0.39 is 0 Å². The van der Waals surface area contributed by atoms with Gasteiger partial charge in [0.25, 0.3) is 0 Å². The van der Waals surface area contributed by atoms with Crippen LogP contribution < -0.4 is 0 Å². The van der Waals surface area contributed by atoms with Gasteiger partial charge in [-0.3, -0.25) is 4.99 Å². The van der Waals surface area contributed by atoms with Crippen LogP contribution in [0.5, 0.6) is 0 Å². The SMILES string of the molecule is CCC=CC=C(C)C=NCC(C)C. The van der Waals surface area contributed by atoms with Crippen molar-refractivity contribution in [2.45, 2.75) is 34.1 Å². The molecule has 0 saturated carbocycles. The van der Waals surface area contributed by atoms with Gasteiger partial charge in [0.05, 0.1) is 0 Å². The second-order valence-corrected chi connectivity index (χ2v) is 3.64. The summed E-state index contributed by atoms with van der Waals surface area (Å²) >= 11 is 0. The van der Waals surface area contributed by atoms with Gasteiger partial charge >= 0.3 is 0 Å². The van der Waals surface area contributed by atoms with Crippen LogP contribution in [0.3, 0.4) is 0 Å². The molecule has 0 aliphatic carbocycles. The Morgan fingerprint density at radius 1 is 1.38 bits per heavy atom. The van der Waals surface area contributed by atoms with Crippen molar-refractivity contribution in [3.8, 4) is 0 Å². The Morgan fingerprint density at radius 3 is 2.62 bits per heavy atom. The molecule has 0 atom stereocenters. The Bertz CT molecular complexity index is 197. The Balaban J connectivity index is 3.84. The minimum absolute atomic E-state index is 0.648. The van der Waals surface area contributed by atoms with Crippen LogP contribution in [0, 0.1) is 5.92 Å². The first-order chi connectivity index (χ1) is 6.16. The zero-order valence-electron chi connectivity index (χ0n) is 9.25. The van der Waals surface area contributed by atoms with Gasteiger partial charge in [0, 0.05) is 12.8 Å². The topological polar surface area (TPSA) is 12.4 Å². The van der Waals surface area contributed by atoms with Gasteiger partial charge < -0.3 is 0 Å². The van der Waals surface area contributed by atoms with Gasteiger partial charge in [-0.15, -0.1) is 0 Å². The highest BCUT2D eigenvalue weighted by atomic mass is 14.7. The highest BCUT2D eigenvalue weighted by Gasteiger charge is 1.87. The van der Waals surface area contributed by atoms with Crippen molar-refractivity contribution >= 4 is 6.21 Å². The quantitative estimate of drug-likeness (QED) is 0.451. The lowest BCUT2D eigenvalue weighted by Crippen LogP contribution is -1.92. The molecule has 0 fully saturated rings. The fraction of sp³-hybridized carbons (Fsp3) is 0.583. The van der Waals surface area contributed by atoms with E-state index >= 15 is 0 Å². The van der Waals surface area contributed by atoms with Crippen LogP contribution in [0.4, 0.5) is 0 Å². The molecule has 0 aromatic rings. The van der Waals surface area contributed by atoms with E-state index in [2.05, 4.69) is 50.9 Å². The Kier molecular flexibility index (Phi) is 7.27. The lowest BCUT2D eigenvalue weighted by molar-refractivity contribution is 0.667. The van der Waals surface area contributed by atoms with E-state index in [1.54, 1.807) is 0 Å². The molecule has 0 saturated heterocycles. The molecular formula is C12H21N. The molecule has 1 heteroatoms. The third kappa shape index (κ3) is 9.06. The summed E-state index contributed by atoms with van der Waals surface area (Å²) < 4.78 is 0. The molecule has 0 rings (SSSR count). The van der Waals surface area contributed by atoms with Crippen molar-refractivity contribution in [3.05, 3.63) is 23.8 Å². The lowest BCUT2D eigenvalue weighted by atomic mass is 10.2. The minimum atomic E-state index is 0.648. The predicted octanol–water partition coefficient (Wildman–Crippen LogP) is 3.63. The molecule has 0 spiro atoms. The van der Waals surface area contributed by atoms with Gasteiger partial charge in [-0.05, 0) is 24.8 Å². The average Bonchev–Trinajstić information content (AvgIpc) is 2.04. The smallest absolute Gasteiger partial charge is 0.0412 e. The van der Waals surface area contributed by atoms with Crippen molar-refractivity contribution in [1.82, 2.24) is 0 Å². The van der Waals surface area contributed by atoms with Gasteiger partial charge in [0.1, 0.15) is 0 Å². The van der Waals surface area contributed by atoms with Crippen molar-refractivity contribution < 1.29 is 0 Å². The van der Waals surface area contributed by atoms with E-state index in [9.17, 15) is 0 Å². The fourth-order valence-electron chi connectivity index (χ4n) is 0.806. The molecule has 0 aromatic carbocycles. The molecule has 0 heterocycles. The van der Waals surface area contributed by atoms with Crippen LogP contribution in [0.15, 0.2) is 28.8 Å². The van der Waals surface area contributed by atoms with Crippen molar-refractivity contribution in [2.75, 3.05) is 6.54 Å². The monoisotopic (exact) mass is 179 g/mol. The third-order valence-electron chi connectivity index (χ3n) is 1.50. The van der Waals surface area contributed by atoms with Crippen LogP contribution >= 0.6 is 0 Å². The zero-order chi connectivity index (χ0) is 10.1. The minimum Gasteiger partial charge on any atom is -0.293 e. The van der Waals surface area contributed by atoms with Crippen molar-refractivity contribution in [2.24, 2.45) is 10.9 Å². The van der Waals surface area contributed by atoms with Gasteiger partial charge in [0.15, 0.2) is 0 Å². The predicted molar refractivity (Wildman–Crippen MR) is 61.4 cm³/mol. The van der Waals surface area contributed by atoms with Crippen LogP contribution in [0.1, 0.15) is 34.1 Å². The van der Waals surface area contributed by atoms with E-state index in [1.807, 2.05) is 6.21 Å². The summed E-state index contributed by atoms with van der Waals surface area (Å²) in [5.74, 6) is 0.648. The summed E-state index contributed by atoms with van der Waals surface area (Å²) in [6.45, 7) is 9.47. The summed E-state index contributed by atoms with van der Waals surface area (Å²) in [6, 6.07) is 0. The van der Waals surface area contributed by atoms with Crippen LogP contribution in [0.25, 0.3) is 0 Å². The molecule has 0 radical (unpaired) electrons. The van der Waals surface area contributed by atoms with Crippen molar-refractivity contribution in [1.29, 1.82) is 0 Å². The molecule has 0 aliphatic heterocycles. The summed E-state index contributed by atoms with van der Waals surface area (Å²) in [7, 11) is 0. The van der Waals surface area contributed by atoms with Crippen LogP contribution in [0.2, 0.25) is 0 Å². The maximum absolute atomic E-state index is 4.32. The molecule has 0 unspecified atom stereocenters. The Labute approximate surface area is 82.3 Å². The first-order valence-electron chi connectivity index (χ1n) is 5.00. The summed E-state index contributed by atoms with van der Waals surface area (Å²) in [6.07, 6.45) is 9.34. The molecule has 0 aliphatic rings. The molecular weight excluding hydrogens is 158 g/mol. The molecule has 0 N–H and O–H groups in total. The standard InChI is InChI=1S/C12H21N/c1-5-6-7-8-12(4)10-13-9-11(2)3/h6-8,10-11H,5,9H2,1-4H3. The lowest BCUT2D eigenvalue weighted by Gasteiger charge is -1.96. The molecule has 0 amide bonds. The van der Waals surface area contributed by atoms with Gasteiger partial charge in [-0.1, -0.05) is 39.0 Å². The number of hydrogen-bond donors (Lipinski definition) is 0. The second kappa shape index (κ2) is 7.78. The largest absolute Gasteiger partial charge is 0.293 e. The van der Waals surface area contributed by atoms with Gasteiger partial charge in [0.2, 0.25) is 0 Å². The highest BCUT2D eigenvalue weighted by Crippen LogP contribution is 1.94. The van der Waals surface area contributed by atoms with Crippen LogP contribution in [-0.4, -0.2) is 12.8 Å². The van der Waals surface area contributed by atoms with E-state index in [0.717, 1.165) is 13.0 Å². The second-order valence-electron chi connectivity index (χ2n) is 3.64.